The maximum Gasteiger partial charge on any atom is 0.333 e. The second kappa shape index (κ2) is 4.94. The maximum atomic E-state index is 12.6. The van der Waals surface area contributed by atoms with Crippen molar-refractivity contribution in [3.63, 3.8) is 0 Å². The molecule has 3 rings (SSSR count). The van der Waals surface area contributed by atoms with Crippen molar-refractivity contribution in [1.29, 1.82) is 5.41 Å². The van der Waals surface area contributed by atoms with Crippen molar-refractivity contribution in [3.05, 3.63) is 64.8 Å². The minimum Gasteiger partial charge on any atom is -0.393 e. The number of aromatic nitrogens is 2. The zero-order valence-corrected chi connectivity index (χ0v) is 11.9. The molecule has 0 bridgehead atoms. The first-order valence-corrected chi connectivity index (χ1v) is 6.67. The average molecular weight is 280 g/mol. The second-order valence-corrected chi connectivity index (χ2v) is 4.84. The molecule has 1 aliphatic rings. The number of benzene rings is 1. The van der Waals surface area contributed by atoms with Crippen LogP contribution in [-0.4, -0.2) is 21.9 Å². The molecule has 0 saturated carbocycles. The number of fused-ring (bicyclic) bond motifs is 1. The number of aryl methyl sites for hydroxylation is 1. The number of para-hydroxylation sites is 2. The van der Waals surface area contributed by atoms with Gasteiger partial charge in [0.15, 0.2) is 0 Å². The van der Waals surface area contributed by atoms with Crippen LogP contribution in [0.15, 0.2) is 59.1 Å². The first-order valence-electron chi connectivity index (χ1n) is 6.67. The zero-order valence-electron chi connectivity index (χ0n) is 11.9. The van der Waals surface area contributed by atoms with E-state index in [0.29, 0.717) is 17.0 Å². The SMILES string of the molecule is CN/C=C1\C(=N)C=CC=C1n1c(=O)n(C)c2ccccc21. The van der Waals surface area contributed by atoms with E-state index in [1.807, 2.05) is 30.3 Å². The van der Waals surface area contributed by atoms with Crippen LogP contribution in [0.1, 0.15) is 0 Å². The Labute approximate surface area is 122 Å². The van der Waals surface area contributed by atoms with Gasteiger partial charge >= 0.3 is 5.69 Å². The highest BCUT2D eigenvalue weighted by Crippen LogP contribution is 2.24. The van der Waals surface area contributed by atoms with Crippen LogP contribution in [-0.2, 0) is 7.05 Å². The Bertz CT molecular complexity index is 877. The normalized spacial score (nSPS) is 16.6. The van der Waals surface area contributed by atoms with E-state index in [-0.39, 0.29) is 5.69 Å². The summed E-state index contributed by atoms with van der Waals surface area (Å²) in [6.07, 6.45) is 7.10. The van der Waals surface area contributed by atoms with E-state index in [0.717, 1.165) is 11.0 Å². The Morgan fingerprint density at radius 1 is 1.24 bits per heavy atom. The van der Waals surface area contributed by atoms with Gasteiger partial charge in [0.25, 0.3) is 0 Å². The summed E-state index contributed by atoms with van der Waals surface area (Å²) in [6, 6.07) is 7.65. The van der Waals surface area contributed by atoms with Crippen LogP contribution in [0.25, 0.3) is 16.7 Å². The fourth-order valence-electron chi connectivity index (χ4n) is 2.57. The highest BCUT2D eigenvalue weighted by Gasteiger charge is 2.19. The molecule has 2 aromatic rings. The van der Waals surface area contributed by atoms with Crippen molar-refractivity contribution in [2.75, 3.05) is 7.05 Å². The molecule has 106 valence electrons. The molecule has 0 amide bonds. The third kappa shape index (κ3) is 1.94. The molecule has 0 radical (unpaired) electrons. The third-order valence-corrected chi connectivity index (χ3v) is 3.57. The minimum atomic E-state index is -0.118. The Kier molecular flexibility index (Phi) is 3.10. The fourth-order valence-corrected chi connectivity index (χ4v) is 2.57. The number of allylic oxidation sites excluding steroid dienone is 5. The molecule has 21 heavy (non-hydrogen) atoms. The molecule has 1 heterocycles. The largest absolute Gasteiger partial charge is 0.393 e. The van der Waals surface area contributed by atoms with Gasteiger partial charge in [-0.1, -0.05) is 18.2 Å². The Morgan fingerprint density at radius 2 is 1.95 bits per heavy atom. The molecule has 1 aromatic carbocycles. The van der Waals surface area contributed by atoms with Crippen LogP contribution < -0.4 is 11.0 Å². The van der Waals surface area contributed by atoms with Crippen molar-refractivity contribution in [2.24, 2.45) is 7.05 Å². The van der Waals surface area contributed by atoms with Crippen LogP contribution >= 0.6 is 0 Å². The van der Waals surface area contributed by atoms with Crippen LogP contribution in [0.5, 0.6) is 0 Å². The van der Waals surface area contributed by atoms with Crippen molar-refractivity contribution in [2.45, 2.75) is 0 Å². The smallest absolute Gasteiger partial charge is 0.333 e. The number of nitrogens with zero attached hydrogens (tertiary/aromatic N) is 2. The van der Waals surface area contributed by atoms with Crippen molar-refractivity contribution < 1.29 is 0 Å². The number of rotatable bonds is 2. The molecule has 0 spiro atoms. The summed E-state index contributed by atoms with van der Waals surface area (Å²) in [4.78, 5) is 12.6. The predicted molar refractivity (Wildman–Crippen MR) is 85.5 cm³/mol. The average Bonchev–Trinajstić information content (AvgIpc) is 2.74. The summed E-state index contributed by atoms with van der Waals surface area (Å²) in [7, 11) is 3.54. The quantitative estimate of drug-likeness (QED) is 0.882. The minimum absolute atomic E-state index is 0.118. The number of nitrogens with one attached hydrogen (secondary N) is 2. The second-order valence-electron chi connectivity index (χ2n) is 4.84. The Balaban J connectivity index is 2.35. The summed E-state index contributed by atoms with van der Waals surface area (Å²) in [6.45, 7) is 0. The van der Waals surface area contributed by atoms with Crippen molar-refractivity contribution in [3.8, 4) is 0 Å². The summed E-state index contributed by atoms with van der Waals surface area (Å²) >= 11 is 0. The molecular weight excluding hydrogens is 264 g/mol. The lowest BCUT2D eigenvalue weighted by molar-refractivity contribution is 0.853. The fraction of sp³-hybridized carbons (Fsp3) is 0.125. The van der Waals surface area contributed by atoms with Gasteiger partial charge in [-0.25, -0.2) is 4.79 Å². The van der Waals surface area contributed by atoms with Crippen molar-refractivity contribution in [1.82, 2.24) is 14.5 Å². The van der Waals surface area contributed by atoms with Gasteiger partial charge in [-0.2, -0.15) is 0 Å². The predicted octanol–water partition coefficient (Wildman–Crippen LogP) is 1.87. The van der Waals surface area contributed by atoms with Crippen LogP contribution in [0.3, 0.4) is 0 Å². The zero-order chi connectivity index (χ0) is 15.0. The first-order chi connectivity index (χ1) is 10.1. The van der Waals surface area contributed by atoms with Gasteiger partial charge in [-0.3, -0.25) is 9.13 Å². The van der Waals surface area contributed by atoms with E-state index in [1.165, 1.54) is 0 Å². The van der Waals surface area contributed by atoms with Gasteiger partial charge in [0, 0.05) is 25.9 Å². The highest BCUT2D eigenvalue weighted by molar-refractivity contribution is 6.17. The Morgan fingerprint density at radius 3 is 2.67 bits per heavy atom. The summed E-state index contributed by atoms with van der Waals surface area (Å²) < 4.78 is 3.27. The maximum absolute atomic E-state index is 12.6. The molecule has 5 nitrogen and oxygen atoms in total. The molecule has 0 fully saturated rings. The van der Waals surface area contributed by atoms with E-state index >= 15 is 0 Å². The van der Waals surface area contributed by atoms with E-state index < -0.39 is 0 Å². The van der Waals surface area contributed by atoms with Crippen LogP contribution in [0, 0.1) is 5.41 Å². The number of imidazole rings is 1. The van der Waals surface area contributed by atoms with Crippen LogP contribution in [0.2, 0.25) is 0 Å². The van der Waals surface area contributed by atoms with Gasteiger partial charge in [0.2, 0.25) is 0 Å². The molecule has 0 atom stereocenters. The summed E-state index contributed by atoms with van der Waals surface area (Å²) in [5, 5.41) is 11.0. The van der Waals surface area contributed by atoms with E-state index in [9.17, 15) is 4.79 Å². The van der Waals surface area contributed by atoms with E-state index in [4.69, 9.17) is 5.41 Å². The third-order valence-electron chi connectivity index (χ3n) is 3.57. The molecular formula is C16H16N4O. The van der Waals surface area contributed by atoms with Gasteiger partial charge in [0.05, 0.1) is 22.4 Å². The van der Waals surface area contributed by atoms with E-state index in [1.54, 1.807) is 41.6 Å². The monoisotopic (exact) mass is 280 g/mol. The number of hydrogen-bond acceptors (Lipinski definition) is 3. The summed E-state index contributed by atoms with van der Waals surface area (Å²) in [5.74, 6) is 0. The molecule has 1 aromatic heterocycles. The van der Waals surface area contributed by atoms with Gasteiger partial charge in [0.1, 0.15) is 0 Å². The molecule has 5 heteroatoms. The van der Waals surface area contributed by atoms with Gasteiger partial charge < -0.3 is 10.7 Å². The first kappa shape index (κ1) is 13.2. The van der Waals surface area contributed by atoms with Gasteiger partial charge in [-0.05, 0) is 24.3 Å². The van der Waals surface area contributed by atoms with E-state index in [2.05, 4.69) is 5.32 Å². The Hall–Kier alpha value is -2.82. The molecule has 0 aliphatic heterocycles. The lowest BCUT2D eigenvalue weighted by atomic mass is 10.0. The molecule has 1 aliphatic carbocycles. The topological polar surface area (TPSA) is 62.8 Å². The number of hydrogen-bond donors (Lipinski definition) is 2. The van der Waals surface area contributed by atoms with Crippen LogP contribution in [0.4, 0.5) is 0 Å². The lowest BCUT2D eigenvalue weighted by Gasteiger charge is -2.15. The standard InChI is InChI=1S/C16H16N4O/c1-18-10-11-12(17)6-5-9-13(11)20-15-8-4-3-7-14(15)19(2)16(20)21/h3-10,17-18H,1-2H3/b11-10+,17-12?. The molecule has 2 N–H and O–H groups in total. The van der Waals surface area contributed by atoms with Crippen molar-refractivity contribution >= 4 is 22.4 Å². The summed E-state index contributed by atoms with van der Waals surface area (Å²) in [5.41, 5.74) is 3.36. The highest BCUT2D eigenvalue weighted by atomic mass is 16.1. The molecule has 0 saturated heterocycles. The lowest BCUT2D eigenvalue weighted by Crippen LogP contribution is -2.24. The van der Waals surface area contributed by atoms with Gasteiger partial charge in [-0.15, -0.1) is 0 Å². The molecule has 0 unspecified atom stereocenters.